The SMILES string of the molecule is Cc1cc(C)c(C(NN)c2ccc(C)nc2C)c(F)c1. The zero-order chi connectivity index (χ0) is 14.9. The van der Waals surface area contributed by atoms with E-state index in [1.807, 2.05) is 45.9 Å². The molecular weight excluding hydrogens is 253 g/mol. The summed E-state index contributed by atoms with van der Waals surface area (Å²) in [5.74, 6) is 5.43. The minimum Gasteiger partial charge on any atom is -0.271 e. The molecule has 1 atom stereocenters. The molecule has 0 radical (unpaired) electrons. The molecule has 0 aliphatic carbocycles. The Morgan fingerprint density at radius 2 is 1.85 bits per heavy atom. The molecule has 2 rings (SSSR count). The molecule has 0 fully saturated rings. The number of nitrogens with zero attached hydrogens (tertiary/aromatic N) is 1. The van der Waals surface area contributed by atoms with E-state index in [2.05, 4.69) is 10.4 Å². The van der Waals surface area contributed by atoms with Gasteiger partial charge in [0.25, 0.3) is 0 Å². The number of aromatic nitrogens is 1. The van der Waals surface area contributed by atoms with Gasteiger partial charge in [0, 0.05) is 17.0 Å². The Morgan fingerprint density at radius 1 is 1.15 bits per heavy atom. The van der Waals surface area contributed by atoms with Crippen molar-refractivity contribution in [2.24, 2.45) is 5.84 Å². The fourth-order valence-corrected chi connectivity index (χ4v) is 2.62. The van der Waals surface area contributed by atoms with Gasteiger partial charge in [-0.1, -0.05) is 12.1 Å². The van der Waals surface area contributed by atoms with Crippen LogP contribution < -0.4 is 11.3 Å². The number of halogens is 1. The van der Waals surface area contributed by atoms with Crippen LogP contribution in [0, 0.1) is 33.5 Å². The van der Waals surface area contributed by atoms with E-state index in [1.165, 1.54) is 6.07 Å². The van der Waals surface area contributed by atoms with E-state index in [4.69, 9.17) is 5.84 Å². The molecule has 0 aliphatic rings. The van der Waals surface area contributed by atoms with E-state index in [0.717, 1.165) is 28.1 Å². The highest BCUT2D eigenvalue weighted by Crippen LogP contribution is 2.29. The summed E-state index contributed by atoms with van der Waals surface area (Å²) in [6.45, 7) is 7.61. The van der Waals surface area contributed by atoms with Crippen molar-refractivity contribution in [2.75, 3.05) is 0 Å². The summed E-state index contributed by atoms with van der Waals surface area (Å²) in [5, 5.41) is 0. The maximum Gasteiger partial charge on any atom is 0.128 e. The van der Waals surface area contributed by atoms with Gasteiger partial charge in [-0.2, -0.15) is 0 Å². The van der Waals surface area contributed by atoms with Crippen molar-refractivity contribution in [3.8, 4) is 0 Å². The van der Waals surface area contributed by atoms with Crippen molar-refractivity contribution in [2.45, 2.75) is 33.7 Å². The van der Waals surface area contributed by atoms with Crippen molar-refractivity contribution in [3.05, 3.63) is 63.7 Å². The van der Waals surface area contributed by atoms with Crippen LogP contribution in [0.5, 0.6) is 0 Å². The topological polar surface area (TPSA) is 50.9 Å². The van der Waals surface area contributed by atoms with Crippen molar-refractivity contribution < 1.29 is 4.39 Å². The van der Waals surface area contributed by atoms with E-state index in [-0.39, 0.29) is 5.82 Å². The molecule has 0 aliphatic heterocycles. The zero-order valence-electron chi connectivity index (χ0n) is 12.3. The Labute approximate surface area is 119 Å². The molecular formula is C16H20FN3. The number of nitrogens with one attached hydrogen (secondary N) is 1. The lowest BCUT2D eigenvalue weighted by molar-refractivity contribution is 0.553. The zero-order valence-corrected chi connectivity index (χ0v) is 12.3. The first-order valence-electron chi connectivity index (χ1n) is 6.61. The molecule has 0 spiro atoms. The Hall–Kier alpha value is -1.78. The number of hydrogen-bond donors (Lipinski definition) is 2. The van der Waals surface area contributed by atoms with E-state index >= 15 is 0 Å². The number of aryl methyl sites for hydroxylation is 4. The standard InChI is InChI=1S/C16H20FN3/c1-9-7-10(2)15(14(17)8-9)16(20-18)13-6-5-11(3)19-12(13)4/h5-8,16,20H,18H2,1-4H3. The van der Waals surface area contributed by atoms with E-state index in [0.29, 0.717) is 5.56 Å². The quantitative estimate of drug-likeness (QED) is 0.667. The molecule has 3 nitrogen and oxygen atoms in total. The van der Waals surface area contributed by atoms with Crippen LogP contribution in [-0.4, -0.2) is 4.98 Å². The Morgan fingerprint density at radius 3 is 2.40 bits per heavy atom. The third-order valence-corrected chi connectivity index (χ3v) is 3.51. The van der Waals surface area contributed by atoms with Gasteiger partial charge >= 0.3 is 0 Å². The third kappa shape index (κ3) is 2.71. The molecule has 0 saturated carbocycles. The number of pyridine rings is 1. The Kier molecular flexibility index (Phi) is 4.16. The molecule has 1 aromatic heterocycles. The van der Waals surface area contributed by atoms with Crippen LogP contribution in [0.3, 0.4) is 0 Å². The van der Waals surface area contributed by atoms with Crippen LogP contribution >= 0.6 is 0 Å². The largest absolute Gasteiger partial charge is 0.271 e. The van der Waals surface area contributed by atoms with E-state index < -0.39 is 6.04 Å². The summed E-state index contributed by atoms with van der Waals surface area (Å²) in [4.78, 5) is 4.43. The highest BCUT2D eigenvalue weighted by Gasteiger charge is 2.21. The molecule has 3 N–H and O–H groups in total. The van der Waals surface area contributed by atoms with Crippen LogP contribution in [0.2, 0.25) is 0 Å². The molecule has 20 heavy (non-hydrogen) atoms. The summed E-state index contributed by atoms with van der Waals surface area (Å²) >= 11 is 0. The monoisotopic (exact) mass is 273 g/mol. The van der Waals surface area contributed by atoms with Crippen molar-refractivity contribution in [3.63, 3.8) is 0 Å². The van der Waals surface area contributed by atoms with Gasteiger partial charge in [-0.3, -0.25) is 10.8 Å². The first kappa shape index (κ1) is 14.6. The molecule has 1 unspecified atom stereocenters. The molecule has 0 saturated heterocycles. The van der Waals surface area contributed by atoms with Gasteiger partial charge in [-0.25, -0.2) is 9.82 Å². The second-order valence-electron chi connectivity index (χ2n) is 5.20. The second-order valence-corrected chi connectivity index (χ2v) is 5.20. The van der Waals surface area contributed by atoms with Gasteiger partial charge < -0.3 is 0 Å². The number of benzene rings is 1. The molecule has 2 aromatic rings. The fourth-order valence-electron chi connectivity index (χ4n) is 2.62. The maximum atomic E-state index is 14.3. The number of hydrazine groups is 1. The minimum atomic E-state index is -0.399. The van der Waals surface area contributed by atoms with Crippen LogP contribution in [0.4, 0.5) is 4.39 Å². The Bertz CT molecular complexity index is 615. The summed E-state index contributed by atoms with van der Waals surface area (Å²) < 4.78 is 14.3. The molecule has 0 bridgehead atoms. The fraction of sp³-hybridized carbons (Fsp3) is 0.312. The average Bonchev–Trinajstić information content (AvgIpc) is 2.34. The maximum absolute atomic E-state index is 14.3. The lowest BCUT2D eigenvalue weighted by Gasteiger charge is -2.21. The number of hydrogen-bond acceptors (Lipinski definition) is 3. The van der Waals surface area contributed by atoms with Crippen molar-refractivity contribution >= 4 is 0 Å². The second kappa shape index (κ2) is 5.69. The van der Waals surface area contributed by atoms with Crippen LogP contribution in [-0.2, 0) is 0 Å². The van der Waals surface area contributed by atoms with Gasteiger partial charge in [0.15, 0.2) is 0 Å². The molecule has 1 heterocycles. The molecule has 4 heteroatoms. The summed E-state index contributed by atoms with van der Waals surface area (Å²) in [6, 6.07) is 6.95. The molecule has 1 aromatic carbocycles. The van der Waals surface area contributed by atoms with Crippen LogP contribution in [0.15, 0.2) is 24.3 Å². The first-order chi connectivity index (χ1) is 9.43. The van der Waals surface area contributed by atoms with Gasteiger partial charge in [0.05, 0.1) is 6.04 Å². The highest BCUT2D eigenvalue weighted by molar-refractivity contribution is 5.41. The molecule has 106 valence electrons. The Balaban J connectivity index is 2.58. The van der Waals surface area contributed by atoms with Gasteiger partial charge in [-0.15, -0.1) is 0 Å². The van der Waals surface area contributed by atoms with Gasteiger partial charge in [0.1, 0.15) is 5.82 Å². The van der Waals surface area contributed by atoms with Crippen LogP contribution in [0.25, 0.3) is 0 Å². The summed E-state index contributed by atoms with van der Waals surface area (Å²) in [5.41, 5.74) is 7.75. The first-order valence-corrected chi connectivity index (χ1v) is 6.61. The average molecular weight is 273 g/mol. The van der Waals surface area contributed by atoms with Gasteiger partial charge in [-0.05, 0) is 56.5 Å². The normalized spacial score (nSPS) is 12.5. The van der Waals surface area contributed by atoms with Crippen molar-refractivity contribution in [1.29, 1.82) is 0 Å². The predicted molar refractivity (Wildman–Crippen MR) is 78.8 cm³/mol. The third-order valence-electron chi connectivity index (χ3n) is 3.51. The lowest BCUT2D eigenvalue weighted by Crippen LogP contribution is -2.31. The summed E-state index contributed by atoms with van der Waals surface area (Å²) in [7, 11) is 0. The predicted octanol–water partition coefficient (Wildman–Crippen LogP) is 3.01. The van der Waals surface area contributed by atoms with E-state index in [9.17, 15) is 4.39 Å². The van der Waals surface area contributed by atoms with Crippen molar-refractivity contribution in [1.82, 2.24) is 10.4 Å². The van der Waals surface area contributed by atoms with Crippen LogP contribution in [0.1, 0.15) is 39.7 Å². The highest BCUT2D eigenvalue weighted by atomic mass is 19.1. The molecule has 0 amide bonds. The van der Waals surface area contributed by atoms with Gasteiger partial charge in [0.2, 0.25) is 0 Å². The van der Waals surface area contributed by atoms with E-state index in [1.54, 1.807) is 0 Å². The lowest BCUT2D eigenvalue weighted by atomic mass is 9.93. The number of nitrogens with two attached hydrogens (primary N) is 1. The minimum absolute atomic E-state index is 0.245. The number of rotatable bonds is 3. The summed E-state index contributed by atoms with van der Waals surface area (Å²) in [6.07, 6.45) is 0. The smallest absolute Gasteiger partial charge is 0.128 e.